The molecule has 0 aliphatic carbocycles. The summed E-state index contributed by atoms with van der Waals surface area (Å²) in [5.74, 6) is -3.72. The predicted octanol–water partition coefficient (Wildman–Crippen LogP) is 0.679. The zero-order valence-corrected chi connectivity index (χ0v) is 12.5. The van der Waals surface area contributed by atoms with Crippen molar-refractivity contribution in [2.45, 2.75) is 18.7 Å². The number of carbonyl (C=O) groups excluding carboxylic acids is 1. The van der Waals surface area contributed by atoms with E-state index in [1.54, 1.807) is 13.8 Å². The number of sulfonamides is 1. The highest BCUT2D eigenvalue weighted by atomic mass is 32.2. The van der Waals surface area contributed by atoms with E-state index in [9.17, 15) is 22.0 Å². The van der Waals surface area contributed by atoms with Gasteiger partial charge in [0.25, 0.3) is 0 Å². The summed E-state index contributed by atoms with van der Waals surface area (Å²) in [4.78, 5) is 9.86. The third kappa shape index (κ3) is 4.11. The van der Waals surface area contributed by atoms with Gasteiger partial charge >= 0.3 is 0 Å². The van der Waals surface area contributed by atoms with Crippen LogP contribution in [-0.4, -0.2) is 31.7 Å². The number of carbonyl (C=O) groups is 1. The number of rotatable bonds is 6. The number of hydrogen-bond acceptors (Lipinski definition) is 4. The maximum absolute atomic E-state index is 13.8. The largest absolute Gasteiger partial charge is 0.399 e. The van der Waals surface area contributed by atoms with Crippen LogP contribution in [0, 0.1) is 17.6 Å². The summed E-state index contributed by atoms with van der Waals surface area (Å²) in [6.07, 6.45) is 0. The molecule has 6 nitrogen and oxygen atoms in total. The Morgan fingerprint density at radius 2 is 1.76 bits per heavy atom. The third-order valence-corrected chi connectivity index (χ3v) is 4.38. The molecule has 0 aliphatic heterocycles. The van der Waals surface area contributed by atoms with Crippen LogP contribution < -0.4 is 11.5 Å². The monoisotopic (exact) mass is 321 g/mol. The molecule has 0 unspecified atom stereocenters. The van der Waals surface area contributed by atoms with Crippen molar-refractivity contribution in [1.82, 2.24) is 4.31 Å². The van der Waals surface area contributed by atoms with Crippen molar-refractivity contribution in [3.8, 4) is 0 Å². The summed E-state index contributed by atoms with van der Waals surface area (Å²) < 4.78 is 53.0. The molecule has 0 aromatic heterocycles. The van der Waals surface area contributed by atoms with Crippen molar-refractivity contribution >= 4 is 21.6 Å². The molecule has 0 heterocycles. The first kappa shape index (κ1) is 17.3. The highest BCUT2D eigenvalue weighted by Gasteiger charge is 2.32. The number of benzene rings is 1. The van der Waals surface area contributed by atoms with Gasteiger partial charge in [0, 0.05) is 12.2 Å². The first-order valence-electron chi connectivity index (χ1n) is 6.08. The molecule has 1 aromatic rings. The molecule has 0 aliphatic rings. The quantitative estimate of drug-likeness (QED) is 0.751. The maximum atomic E-state index is 13.8. The van der Waals surface area contributed by atoms with Gasteiger partial charge in [-0.3, -0.25) is 4.79 Å². The van der Waals surface area contributed by atoms with Gasteiger partial charge < -0.3 is 11.5 Å². The highest BCUT2D eigenvalue weighted by Crippen LogP contribution is 2.25. The average Bonchev–Trinajstić information content (AvgIpc) is 2.24. The lowest BCUT2D eigenvalue weighted by Gasteiger charge is -2.23. The molecule has 1 amide bonds. The Kier molecular flexibility index (Phi) is 5.24. The van der Waals surface area contributed by atoms with Crippen molar-refractivity contribution in [3.63, 3.8) is 0 Å². The second-order valence-electron chi connectivity index (χ2n) is 4.97. The normalized spacial score (nSPS) is 12.1. The van der Waals surface area contributed by atoms with E-state index in [4.69, 9.17) is 11.5 Å². The molecular formula is C12H17F2N3O3S. The molecule has 0 bridgehead atoms. The minimum atomic E-state index is -4.54. The van der Waals surface area contributed by atoms with Gasteiger partial charge in [-0.2, -0.15) is 4.31 Å². The van der Waals surface area contributed by atoms with Crippen LogP contribution in [0.15, 0.2) is 17.0 Å². The molecule has 0 atom stereocenters. The Hall–Kier alpha value is -1.74. The molecule has 0 saturated heterocycles. The Morgan fingerprint density at radius 1 is 1.29 bits per heavy atom. The van der Waals surface area contributed by atoms with Crippen LogP contribution in [-0.2, 0) is 14.8 Å². The first-order chi connectivity index (χ1) is 9.55. The SMILES string of the molecule is CC(C)CN(CC(N)=O)S(=O)(=O)c1c(F)cc(N)cc1F. The van der Waals surface area contributed by atoms with E-state index in [0.717, 1.165) is 0 Å². The molecule has 1 aromatic carbocycles. The Balaban J connectivity index is 3.38. The number of halogens is 2. The van der Waals surface area contributed by atoms with Crippen LogP contribution in [0.5, 0.6) is 0 Å². The van der Waals surface area contributed by atoms with E-state index in [-0.39, 0.29) is 18.2 Å². The molecular weight excluding hydrogens is 304 g/mol. The highest BCUT2D eigenvalue weighted by molar-refractivity contribution is 7.89. The van der Waals surface area contributed by atoms with Crippen molar-refractivity contribution in [3.05, 3.63) is 23.8 Å². The lowest BCUT2D eigenvalue weighted by molar-refractivity contribution is -0.118. The molecule has 0 fully saturated rings. The minimum absolute atomic E-state index is 0.103. The van der Waals surface area contributed by atoms with E-state index in [1.807, 2.05) is 0 Å². The molecule has 0 spiro atoms. The zero-order chi connectivity index (χ0) is 16.4. The number of amides is 1. The second-order valence-corrected chi connectivity index (χ2v) is 6.85. The summed E-state index contributed by atoms with van der Waals surface area (Å²) in [5, 5.41) is 0. The molecule has 4 N–H and O–H groups in total. The van der Waals surface area contributed by atoms with Gasteiger partial charge in [-0.15, -0.1) is 0 Å². The summed E-state index contributed by atoms with van der Waals surface area (Å²) >= 11 is 0. The van der Waals surface area contributed by atoms with Gasteiger partial charge in [-0.25, -0.2) is 17.2 Å². The van der Waals surface area contributed by atoms with Crippen LogP contribution in [0.2, 0.25) is 0 Å². The number of anilines is 1. The van der Waals surface area contributed by atoms with Crippen LogP contribution >= 0.6 is 0 Å². The second kappa shape index (κ2) is 6.35. The topological polar surface area (TPSA) is 106 Å². The molecule has 0 radical (unpaired) electrons. The fourth-order valence-electron chi connectivity index (χ4n) is 1.78. The predicted molar refractivity (Wildman–Crippen MR) is 73.6 cm³/mol. The van der Waals surface area contributed by atoms with E-state index in [1.165, 1.54) is 0 Å². The Bertz CT molecular complexity index is 624. The summed E-state index contributed by atoms with van der Waals surface area (Å²) in [5.41, 5.74) is 10.00. The van der Waals surface area contributed by atoms with E-state index < -0.39 is 39.0 Å². The average molecular weight is 321 g/mol. The molecule has 1 rings (SSSR count). The minimum Gasteiger partial charge on any atom is -0.399 e. The van der Waals surface area contributed by atoms with Gasteiger partial charge in [0.1, 0.15) is 11.6 Å². The Labute approximate surface area is 121 Å². The van der Waals surface area contributed by atoms with Gasteiger partial charge in [-0.1, -0.05) is 13.8 Å². The number of nitrogens with two attached hydrogens (primary N) is 2. The zero-order valence-electron chi connectivity index (χ0n) is 11.6. The molecule has 0 saturated carbocycles. The maximum Gasteiger partial charge on any atom is 0.249 e. The molecule has 118 valence electrons. The van der Waals surface area contributed by atoms with E-state index in [2.05, 4.69) is 0 Å². The summed E-state index contributed by atoms with van der Waals surface area (Å²) in [7, 11) is -4.54. The lowest BCUT2D eigenvalue weighted by atomic mass is 10.2. The van der Waals surface area contributed by atoms with Crippen molar-refractivity contribution in [1.29, 1.82) is 0 Å². The smallest absolute Gasteiger partial charge is 0.249 e. The molecule has 21 heavy (non-hydrogen) atoms. The van der Waals surface area contributed by atoms with Crippen molar-refractivity contribution in [2.24, 2.45) is 11.7 Å². The summed E-state index contributed by atoms with van der Waals surface area (Å²) in [6.45, 7) is 2.62. The number of hydrogen-bond donors (Lipinski definition) is 2. The van der Waals surface area contributed by atoms with E-state index >= 15 is 0 Å². The van der Waals surface area contributed by atoms with Crippen molar-refractivity contribution < 1.29 is 22.0 Å². The lowest BCUT2D eigenvalue weighted by Crippen LogP contribution is -2.41. The number of nitrogen functional groups attached to an aromatic ring is 1. The summed E-state index contributed by atoms with van der Waals surface area (Å²) in [6, 6.07) is 1.40. The van der Waals surface area contributed by atoms with E-state index in [0.29, 0.717) is 16.4 Å². The van der Waals surface area contributed by atoms with Crippen LogP contribution in [0.25, 0.3) is 0 Å². The van der Waals surface area contributed by atoms with Gasteiger partial charge in [-0.05, 0) is 18.1 Å². The Morgan fingerprint density at radius 3 is 2.14 bits per heavy atom. The van der Waals surface area contributed by atoms with Crippen LogP contribution in [0.1, 0.15) is 13.8 Å². The van der Waals surface area contributed by atoms with Crippen LogP contribution in [0.3, 0.4) is 0 Å². The van der Waals surface area contributed by atoms with Gasteiger partial charge in [0.2, 0.25) is 15.9 Å². The fourth-order valence-corrected chi connectivity index (χ4v) is 3.44. The van der Waals surface area contributed by atoms with Gasteiger partial charge in [0.15, 0.2) is 4.90 Å². The standard InChI is InChI=1S/C12H17F2N3O3S/c1-7(2)5-17(6-11(16)18)21(19,20)12-9(13)3-8(15)4-10(12)14/h3-4,7H,5-6,15H2,1-2H3,(H2,16,18). The third-order valence-electron chi connectivity index (χ3n) is 2.52. The molecule has 9 heteroatoms. The number of nitrogens with zero attached hydrogens (tertiary/aromatic N) is 1. The van der Waals surface area contributed by atoms with Gasteiger partial charge in [0.05, 0.1) is 6.54 Å². The first-order valence-corrected chi connectivity index (χ1v) is 7.52. The van der Waals surface area contributed by atoms with Crippen LogP contribution in [0.4, 0.5) is 14.5 Å². The fraction of sp³-hybridized carbons (Fsp3) is 0.417. The number of primary amides is 1. The van der Waals surface area contributed by atoms with Crippen molar-refractivity contribution in [2.75, 3.05) is 18.8 Å².